The van der Waals surface area contributed by atoms with Gasteiger partial charge in [-0.05, 0) is 71.8 Å². The molecule has 0 atom stereocenters. The van der Waals surface area contributed by atoms with E-state index in [1.807, 2.05) is 38.1 Å². The molecular formula is C36H26N4O4S2. The van der Waals surface area contributed by atoms with Crippen LogP contribution in [-0.2, 0) is 20.0 Å². The molecule has 0 aliphatic rings. The number of benzene rings is 7. The largest absolute Gasteiger partial charge is 0.277 e. The van der Waals surface area contributed by atoms with Gasteiger partial charge >= 0.3 is 0 Å². The first-order valence-electron chi connectivity index (χ1n) is 14.6. The average molecular weight is 643 g/mol. The van der Waals surface area contributed by atoms with Gasteiger partial charge in [-0.3, -0.25) is 9.44 Å². The fourth-order valence-electron chi connectivity index (χ4n) is 6.04. The van der Waals surface area contributed by atoms with Crippen molar-refractivity contribution in [2.45, 2.75) is 23.6 Å². The van der Waals surface area contributed by atoms with Crippen LogP contribution in [0.4, 0.5) is 11.4 Å². The van der Waals surface area contributed by atoms with Gasteiger partial charge in [0.05, 0.1) is 43.2 Å². The fourth-order valence-corrected chi connectivity index (χ4v) is 8.18. The first-order chi connectivity index (χ1) is 22.1. The zero-order valence-electron chi connectivity index (χ0n) is 24.7. The van der Waals surface area contributed by atoms with E-state index in [0.717, 1.165) is 43.4 Å². The summed E-state index contributed by atoms with van der Waals surface area (Å²) in [6.07, 6.45) is 0. The summed E-state index contributed by atoms with van der Waals surface area (Å²) in [6, 6.07) is 32.2. The van der Waals surface area contributed by atoms with Crippen molar-refractivity contribution in [1.82, 2.24) is 9.97 Å². The van der Waals surface area contributed by atoms with E-state index in [4.69, 9.17) is 9.97 Å². The molecule has 1 aromatic heterocycles. The van der Waals surface area contributed by atoms with Gasteiger partial charge in [0, 0.05) is 10.8 Å². The third kappa shape index (κ3) is 4.57. The molecular weight excluding hydrogens is 617 g/mol. The van der Waals surface area contributed by atoms with Crippen molar-refractivity contribution in [3.63, 3.8) is 0 Å². The molecule has 0 fully saturated rings. The van der Waals surface area contributed by atoms with Crippen LogP contribution in [0.15, 0.2) is 119 Å². The van der Waals surface area contributed by atoms with Gasteiger partial charge in [-0.15, -0.1) is 0 Å². The number of sulfonamides is 2. The Bertz CT molecular complexity index is 2540. The van der Waals surface area contributed by atoms with Gasteiger partial charge in [0.1, 0.15) is 0 Å². The summed E-state index contributed by atoms with van der Waals surface area (Å²) in [7, 11) is -8.19. The van der Waals surface area contributed by atoms with E-state index in [2.05, 4.69) is 33.7 Å². The Hall–Kier alpha value is -5.32. The predicted molar refractivity (Wildman–Crippen MR) is 185 cm³/mol. The third-order valence-electron chi connectivity index (χ3n) is 8.35. The smallest absolute Gasteiger partial charge is 0.261 e. The van der Waals surface area contributed by atoms with E-state index >= 15 is 0 Å². The Labute approximate surface area is 265 Å². The minimum absolute atomic E-state index is 0.0227. The standard InChI is InChI=1S/C36H26N4O4S2/c1-21-9-15-25(16-10-21)45(41,42)39-31-19-29-30(20-32(31)40-46(43,44)26-17-11-22(2)12-18-26)38-36-28-8-4-6-24-14-13-23-5-3-7-27(35(36)37-29)33(23)34(24)28/h3-20,39-40H,1-2H3. The molecule has 46 heavy (non-hydrogen) atoms. The van der Waals surface area contributed by atoms with Crippen molar-refractivity contribution >= 4 is 85.8 Å². The summed E-state index contributed by atoms with van der Waals surface area (Å²) in [5.41, 5.74) is 4.01. The topological polar surface area (TPSA) is 118 Å². The Morgan fingerprint density at radius 2 is 0.891 bits per heavy atom. The molecule has 0 aliphatic heterocycles. The highest BCUT2D eigenvalue weighted by Crippen LogP contribution is 2.40. The molecule has 0 saturated heterocycles. The number of hydrogen-bond donors (Lipinski definition) is 2. The monoisotopic (exact) mass is 642 g/mol. The number of nitrogens with one attached hydrogen (secondary N) is 2. The van der Waals surface area contributed by atoms with Gasteiger partial charge in [-0.25, -0.2) is 26.8 Å². The number of anilines is 2. The molecule has 0 aliphatic carbocycles. The molecule has 10 heteroatoms. The summed E-state index contributed by atoms with van der Waals surface area (Å²) >= 11 is 0. The van der Waals surface area contributed by atoms with Gasteiger partial charge in [0.15, 0.2) is 0 Å². The molecule has 1 heterocycles. The highest BCUT2D eigenvalue weighted by Gasteiger charge is 2.23. The van der Waals surface area contributed by atoms with Crippen LogP contribution in [0.1, 0.15) is 11.1 Å². The van der Waals surface area contributed by atoms with Gasteiger partial charge in [0.2, 0.25) is 0 Å². The molecule has 7 aromatic carbocycles. The Morgan fingerprint density at radius 1 is 0.500 bits per heavy atom. The van der Waals surface area contributed by atoms with E-state index in [9.17, 15) is 16.8 Å². The average Bonchev–Trinajstić information content (AvgIpc) is 3.04. The highest BCUT2D eigenvalue weighted by atomic mass is 32.2. The van der Waals surface area contributed by atoms with Gasteiger partial charge in [-0.1, -0.05) is 83.9 Å². The van der Waals surface area contributed by atoms with Crippen molar-refractivity contribution in [1.29, 1.82) is 0 Å². The van der Waals surface area contributed by atoms with Crippen LogP contribution in [0.5, 0.6) is 0 Å². The maximum Gasteiger partial charge on any atom is 0.261 e. The Kier molecular flexibility index (Phi) is 6.18. The van der Waals surface area contributed by atoms with E-state index < -0.39 is 20.0 Å². The molecule has 0 radical (unpaired) electrons. The lowest BCUT2D eigenvalue weighted by Crippen LogP contribution is -2.18. The number of fused-ring (bicyclic) bond motifs is 4. The van der Waals surface area contributed by atoms with Gasteiger partial charge in [-0.2, -0.15) is 0 Å². The van der Waals surface area contributed by atoms with Crippen LogP contribution in [0.2, 0.25) is 0 Å². The maximum atomic E-state index is 13.6. The normalized spacial score (nSPS) is 12.5. The zero-order chi connectivity index (χ0) is 31.8. The molecule has 8 nitrogen and oxygen atoms in total. The Morgan fingerprint density at radius 3 is 1.28 bits per heavy atom. The lowest BCUT2D eigenvalue weighted by molar-refractivity contribution is 0.599. The number of aryl methyl sites for hydroxylation is 2. The van der Waals surface area contributed by atoms with Crippen molar-refractivity contribution in [2.24, 2.45) is 0 Å². The maximum absolute atomic E-state index is 13.6. The summed E-state index contributed by atoms with van der Waals surface area (Å²) in [4.78, 5) is 10.1. The third-order valence-corrected chi connectivity index (χ3v) is 11.1. The molecule has 0 bridgehead atoms. The first kappa shape index (κ1) is 28.2. The Balaban J connectivity index is 1.38. The minimum atomic E-state index is -4.10. The molecule has 2 N–H and O–H groups in total. The summed E-state index contributed by atoms with van der Waals surface area (Å²) < 4.78 is 59.4. The van der Waals surface area contributed by atoms with Crippen LogP contribution in [0.3, 0.4) is 0 Å². The first-order valence-corrected chi connectivity index (χ1v) is 17.5. The number of rotatable bonds is 6. The van der Waals surface area contributed by atoms with Crippen molar-refractivity contribution in [2.75, 3.05) is 9.44 Å². The summed E-state index contributed by atoms with van der Waals surface area (Å²) in [5.74, 6) is 0. The second-order valence-corrected chi connectivity index (χ2v) is 14.9. The second-order valence-electron chi connectivity index (χ2n) is 11.5. The summed E-state index contributed by atoms with van der Waals surface area (Å²) in [5, 5.41) is 6.18. The van der Waals surface area contributed by atoms with E-state index in [-0.39, 0.29) is 21.2 Å². The van der Waals surface area contributed by atoms with Gasteiger partial charge < -0.3 is 0 Å². The molecule has 0 unspecified atom stereocenters. The van der Waals surface area contributed by atoms with Crippen LogP contribution < -0.4 is 9.44 Å². The van der Waals surface area contributed by atoms with Crippen LogP contribution >= 0.6 is 0 Å². The fraction of sp³-hybridized carbons (Fsp3) is 0.0556. The van der Waals surface area contributed by atoms with Crippen LogP contribution in [-0.4, -0.2) is 26.8 Å². The van der Waals surface area contributed by atoms with E-state index in [0.29, 0.717) is 22.1 Å². The number of aromatic nitrogens is 2. The lowest BCUT2D eigenvalue weighted by Gasteiger charge is -2.17. The molecule has 226 valence electrons. The van der Waals surface area contributed by atoms with E-state index in [1.54, 1.807) is 24.3 Å². The van der Waals surface area contributed by atoms with Gasteiger partial charge in [0.25, 0.3) is 20.0 Å². The SMILES string of the molecule is Cc1ccc(S(=O)(=O)Nc2cc3nc4c5cccc6ccc7cccc(c4nc3cc2NS(=O)(=O)c2ccc(C)cc2)c7c65)cc1. The highest BCUT2D eigenvalue weighted by molar-refractivity contribution is 7.93. The molecule has 0 spiro atoms. The zero-order valence-corrected chi connectivity index (χ0v) is 26.4. The number of nitrogens with zero attached hydrogens (tertiary/aromatic N) is 2. The number of hydrogen-bond acceptors (Lipinski definition) is 6. The second kappa shape index (κ2) is 10.1. The quantitative estimate of drug-likeness (QED) is 0.141. The minimum Gasteiger partial charge on any atom is -0.277 e. The lowest BCUT2D eigenvalue weighted by atomic mass is 9.93. The van der Waals surface area contributed by atoms with Crippen LogP contribution in [0.25, 0.3) is 54.4 Å². The van der Waals surface area contributed by atoms with Crippen molar-refractivity contribution in [3.8, 4) is 0 Å². The van der Waals surface area contributed by atoms with Crippen LogP contribution in [0, 0.1) is 13.8 Å². The molecule has 0 saturated carbocycles. The molecule has 0 amide bonds. The molecule has 8 aromatic rings. The van der Waals surface area contributed by atoms with Crippen molar-refractivity contribution in [3.05, 3.63) is 120 Å². The summed E-state index contributed by atoms with van der Waals surface area (Å²) in [6.45, 7) is 3.73. The van der Waals surface area contributed by atoms with E-state index in [1.165, 1.54) is 36.4 Å². The predicted octanol–water partition coefficient (Wildman–Crippen LogP) is 7.90. The van der Waals surface area contributed by atoms with Crippen molar-refractivity contribution < 1.29 is 16.8 Å². The molecule has 8 rings (SSSR count).